The van der Waals surface area contributed by atoms with Gasteiger partial charge in [-0.1, -0.05) is 48.7 Å². The highest BCUT2D eigenvalue weighted by atomic mass is 16.5. The third-order valence-corrected chi connectivity index (χ3v) is 6.93. The van der Waals surface area contributed by atoms with Gasteiger partial charge in [-0.05, 0) is 49.4 Å². The lowest BCUT2D eigenvalue weighted by molar-refractivity contribution is -0.126. The quantitative estimate of drug-likeness (QED) is 0.783. The van der Waals surface area contributed by atoms with Gasteiger partial charge in [-0.15, -0.1) is 0 Å². The topological polar surface area (TPSA) is 41.9 Å². The molecule has 1 saturated heterocycles. The molecule has 0 radical (unpaired) electrons. The zero-order chi connectivity index (χ0) is 20.4. The molecule has 0 aromatic heterocycles. The first-order chi connectivity index (χ1) is 14.0. The molecule has 2 aromatic rings. The fourth-order valence-corrected chi connectivity index (χ4v) is 5.33. The zero-order valence-electron chi connectivity index (χ0n) is 17.9. The summed E-state index contributed by atoms with van der Waals surface area (Å²) in [6.45, 7) is 3.92. The minimum atomic E-state index is -0.556. The number of ether oxygens (including phenoxy) is 2. The number of aliphatic hydroxyl groups is 1. The van der Waals surface area contributed by atoms with E-state index in [0.717, 1.165) is 50.3 Å². The Morgan fingerprint density at radius 1 is 1.00 bits per heavy atom. The van der Waals surface area contributed by atoms with Crippen molar-refractivity contribution >= 4 is 0 Å². The van der Waals surface area contributed by atoms with Gasteiger partial charge in [0.25, 0.3) is 0 Å². The summed E-state index contributed by atoms with van der Waals surface area (Å²) in [5.74, 6) is 1.75. The normalized spacial score (nSPS) is 27.3. The summed E-state index contributed by atoms with van der Waals surface area (Å²) in [4.78, 5) is 2.55. The second kappa shape index (κ2) is 8.37. The van der Waals surface area contributed by atoms with E-state index in [9.17, 15) is 5.11 Å². The van der Waals surface area contributed by atoms with Crippen LogP contribution in [0.3, 0.4) is 0 Å². The molecule has 2 fully saturated rings. The van der Waals surface area contributed by atoms with Gasteiger partial charge in [-0.25, -0.2) is 0 Å². The molecule has 3 atom stereocenters. The number of benzene rings is 2. The number of piperidine rings is 1. The van der Waals surface area contributed by atoms with Gasteiger partial charge in [0.2, 0.25) is 0 Å². The maximum absolute atomic E-state index is 11.5. The predicted octanol–water partition coefficient (Wildman–Crippen LogP) is 4.88. The molecule has 1 saturated carbocycles. The Balaban J connectivity index is 1.71. The molecule has 1 aliphatic heterocycles. The second-order valence-corrected chi connectivity index (χ2v) is 8.72. The van der Waals surface area contributed by atoms with E-state index in [1.54, 1.807) is 14.2 Å². The van der Waals surface area contributed by atoms with Crippen molar-refractivity contribution in [3.63, 3.8) is 0 Å². The Morgan fingerprint density at radius 3 is 2.48 bits per heavy atom. The Morgan fingerprint density at radius 2 is 1.76 bits per heavy atom. The lowest BCUT2D eigenvalue weighted by Gasteiger charge is -2.53. The molecule has 0 spiro atoms. The highest BCUT2D eigenvalue weighted by Gasteiger charge is 2.48. The Hall–Kier alpha value is -2.04. The third-order valence-electron chi connectivity index (χ3n) is 6.93. The van der Waals surface area contributed by atoms with Crippen molar-refractivity contribution in [1.82, 2.24) is 4.90 Å². The van der Waals surface area contributed by atoms with Gasteiger partial charge in [0.05, 0.1) is 19.8 Å². The van der Waals surface area contributed by atoms with Crippen LogP contribution in [0.15, 0.2) is 42.5 Å². The Labute approximate surface area is 174 Å². The van der Waals surface area contributed by atoms with Gasteiger partial charge >= 0.3 is 0 Å². The molecule has 29 heavy (non-hydrogen) atoms. The number of methoxy groups -OCH3 is 2. The summed E-state index contributed by atoms with van der Waals surface area (Å²) in [5, 5.41) is 11.5. The van der Waals surface area contributed by atoms with E-state index in [1.165, 1.54) is 23.1 Å². The number of fused-ring (bicyclic) bond motifs is 1. The number of nitrogens with zero attached hydrogens (tertiary/aromatic N) is 1. The number of hydrogen-bond acceptors (Lipinski definition) is 4. The van der Waals surface area contributed by atoms with Crippen molar-refractivity contribution in [3.05, 3.63) is 59.2 Å². The fourth-order valence-electron chi connectivity index (χ4n) is 5.33. The molecule has 1 N–H and O–H groups in total. The van der Waals surface area contributed by atoms with Crippen LogP contribution in [0, 0.1) is 12.8 Å². The van der Waals surface area contributed by atoms with E-state index in [0.29, 0.717) is 0 Å². The van der Waals surface area contributed by atoms with Crippen LogP contribution in [0.25, 0.3) is 0 Å². The number of hydrogen-bond donors (Lipinski definition) is 1. The van der Waals surface area contributed by atoms with E-state index >= 15 is 0 Å². The van der Waals surface area contributed by atoms with E-state index in [4.69, 9.17) is 9.47 Å². The molecular weight excluding hydrogens is 362 g/mol. The molecular formula is C25H33NO3. The summed E-state index contributed by atoms with van der Waals surface area (Å²) in [6, 6.07) is 15.2. The maximum Gasteiger partial charge on any atom is 0.161 e. The van der Waals surface area contributed by atoms with Gasteiger partial charge in [0, 0.05) is 25.0 Å². The molecule has 1 heterocycles. The summed E-state index contributed by atoms with van der Waals surface area (Å²) in [6.07, 6.45) is 5.16. The molecule has 2 aliphatic rings. The summed E-state index contributed by atoms with van der Waals surface area (Å²) in [5.41, 5.74) is 3.26. The monoisotopic (exact) mass is 395 g/mol. The molecule has 0 bridgehead atoms. The molecule has 0 unspecified atom stereocenters. The van der Waals surface area contributed by atoms with E-state index in [-0.39, 0.29) is 12.0 Å². The van der Waals surface area contributed by atoms with E-state index in [2.05, 4.69) is 48.2 Å². The van der Waals surface area contributed by atoms with Gasteiger partial charge in [-0.2, -0.15) is 0 Å². The highest BCUT2D eigenvalue weighted by Crippen LogP contribution is 2.50. The Bertz CT molecular complexity index is 834. The summed E-state index contributed by atoms with van der Waals surface area (Å²) < 4.78 is 11.0. The minimum absolute atomic E-state index is 0.176. The second-order valence-electron chi connectivity index (χ2n) is 8.72. The minimum Gasteiger partial charge on any atom is -0.493 e. The first kappa shape index (κ1) is 20.2. The lowest BCUT2D eigenvalue weighted by atomic mass is 9.66. The lowest BCUT2D eigenvalue weighted by Crippen LogP contribution is -2.54. The van der Waals surface area contributed by atoms with Crippen LogP contribution in [0.4, 0.5) is 0 Å². The fraction of sp³-hybridized carbons (Fsp3) is 0.520. The first-order valence-electron chi connectivity index (χ1n) is 10.8. The zero-order valence-corrected chi connectivity index (χ0v) is 17.9. The average Bonchev–Trinajstić information content (AvgIpc) is 2.74. The molecule has 0 amide bonds. The summed E-state index contributed by atoms with van der Waals surface area (Å²) >= 11 is 0. The van der Waals surface area contributed by atoms with Crippen molar-refractivity contribution in [2.75, 3.05) is 20.8 Å². The van der Waals surface area contributed by atoms with Crippen molar-refractivity contribution < 1.29 is 14.6 Å². The standard InChI is InChI=1S/C25H33NO3/c1-18-7-9-19(10-8-18)17-26-15-14-25(27)13-5-4-6-21(25)24(26)20-11-12-22(28-2)23(16-20)29-3/h7-12,16,21,24,27H,4-6,13-15,17H2,1-3H3/t21-,24-,25-/m0/s1. The number of rotatable bonds is 5. The maximum atomic E-state index is 11.5. The first-order valence-corrected chi connectivity index (χ1v) is 10.8. The largest absolute Gasteiger partial charge is 0.493 e. The van der Waals surface area contributed by atoms with Gasteiger partial charge in [-0.3, -0.25) is 4.90 Å². The van der Waals surface area contributed by atoms with Gasteiger partial charge in [0.1, 0.15) is 0 Å². The summed E-state index contributed by atoms with van der Waals surface area (Å²) in [7, 11) is 3.35. The van der Waals surface area contributed by atoms with Crippen molar-refractivity contribution in [2.24, 2.45) is 5.92 Å². The smallest absolute Gasteiger partial charge is 0.161 e. The molecule has 4 rings (SSSR count). The molecule has 4 heteroatoms. The van der Waals surface area contributed by atoms with Crippen LogP contribution in [0.5, 0.6) is 11.5 Å². The molecule has 1 aliphatic carbocycles. The van der Waals surface area contributed by atoms with Crippen LogP contribution in [-0.4, -0.2) is 36.4 Å². The third kappa shape index (κ3) is 4.01. The van der Waals surface area contributed by atoms with Crippen molar-refractivity contribution in [1.29, 1.82) is 0 Å². The van der Waals surface area contributed by atoms with E-state index in [1.807, 2.05) is 6.07 Å². The van der Waals surface area contributed by atoms with Crippen molar-refractivity contribution in [3.8, 4) is 11.5 Å². The van der Waals surface area contributed by atoms with Gasteiger partial charge in [0.15, 0.2) is 11.5 Å². The van der Waals surface area contributed by atoms with E-state index < -0.39 is 5.60 Å². The predicted molar refractivity (Wildman–Crippen MR) is 115 cm³/mol. The molecule has 4 nitrogen and oxygen atoms in total. The SMILES string of the molecule is COc1ccc([C@H]2[C@@H]3CCCC[C@]3(O)CCN2Cc2ccc(C)cc2)cc1OC. The number of aryl methyl sites for hydroxylation is 1. The van der Waals surface area contributed by atoms with Crippen LogP contribution in [0.1, 0.15) is 54.8 Å². The van der Waals surface area contributed by atoms with Crippen LogP contribution >= 0.6 is 0 Å². The molecule has 156 valence electrons. The van der Waals surface area contributed by atoms with Crippen LogP contribution in [0.2, 0.25) is 0 Å². The highest BCUT2D eigenvalue weighted by molar-refractivity contribution is 5.44. The van der Waals surface area contributed by atoms with Crippen LogP contribution < -0.4 is 9.47 Å². The van der Waals surface area contributed by atoms with Crippen molar-refractivity contribution in [2.45, 2.75) is 57.2 Å². The Kier molecular flexibility index (Phi) is 5.84. The average molecular weight is 396 g/mol. The number of likely N-dealkylation sites (tertiary alicyclic amines) is 1. The molecule has 2 aromatic carbocycles. The van der Waals surface area contributed by atoms with Gasteiger partial charge < -0.3 is 14.6 Å². The van der Waals surface area contributed by atoms with Crippen LogP contribution in [-0.2, 0) is 6.54 Å².